The molecular weight excluding hydrogens is 193 g/mol. The van der Waals surface area contributed by atoms with Crippen LogP contribution in [0, 0.1) is 25.1 Å². The molecule has 3 heteroatoms. The van der Waals surface area contributed by atoms with Crippen LogP contribution in [-0.4, -0.2) is 11.8 Å². The minimum atomic E-state index is -0.828. The van der Waals surface area contributed by atoms with Crippen molar-refractivity contribution in [2.45, 2.75) is 19.4 Å². The molecule has 0 aromatic heterocycles. The first-order chi connectivity index (χ1) is 7.06. The van der Waals surface area contributed by atoms with E-state index in [-0.39, 0.29) is 12.0 Å². The molecule has 1 unspecified atom stereocenters. The lowest BCUT2D eigenvalue weighted by molar-refractivity contribution is 0.0959. The monoisotopic (exact) mass is 205 g/mol. The molecule has 2 nitrogen and oxygen atoms in total. The Balaban J connectivity index is 3.01. The Labute approximate surface area is 88.3 Å². The predicted molar refractivity (Wildman–Crippen MR) is 56.9 cm³/mol. The molecule has 0 fully saturated rings. The number of carbonyl (C=O) groups excluding carboxylic acids is 1. The molecule has 15 heavy (non-hydrogen) atoms. The molecule has 2 N–H and O–H groups in total. The Hall–Kier alpha value is -1.66. The molecule has 1 aromatic rings. The van der Waals surface area contributed by atoms with Gasteiger partial charge in [0.15, 0.2) is 5.78 Å². The number of nitrogens with two attached hydrogens (primary N) is 1. The van der Waals surface area contributed by atoms with Gasteiger partial charge in [-0.15, -0.1) is 12.3 Å². The summed E-state index contributed by atoms with van der Waals surface area (Å²) in [6.45, 7) is 1.78. The van der Waals surface area contributed by atoms with Gasteiger partial charge < -0.3 is 5.73 Å². The number of rotatable bonds is 3. The zero-order valence-corrected chi connectivity index (χ0v) is 8.46. The molecule has 1 rings (SSSR count). The molecule has 0 bridgehead atoms. The smallest absolute Gasteiger partial charge is 0.183 e. The Morgan fingerprint density at radius 2 is 2.33 bits per heavy atom. The van der Waals surface area contributed by atoms with Crippen LogP contribution in [0.25, 0.3) is 0 Å². The van der Waals surface area contributed by atoms with Crippen LogP contribution in [0.2, 0.25) is 0 Å². The van der Waals surface area contributed by atoms with Gasteiger partial charge in [-0.25, -0.2) is 4.39 Å². The average molecular weight is 205 g/mol. The first-order valence-corrected chi connectivity index (χ1v) is 4.55. The number of hydrogen-bond acceptors (Lipinski definition) is 2. The second kappa shape index (κ2) is 4.72. The summed E-state index contributed by atoms with van der Waals surface area (Å²) in [5, 5.41) is 0. The molecule has 0 heterocycles. The molecule has 0 saturated heterocycles. The number of Topliss-reactive ketones (excluding diaryl/α,β-unsaturated/α-hetero) is 1. The van der Waals surface area contributed by atoms with Crippen molar-refractivity contribution in [2.75, 3.05) is 0 Å². The molecule has 78 valence electrons. The predicted octanol–water partition coefficient (Wildman–Crippen LogP) is 1.67. The number of terminal acetylenes is 1. The molecule has 1 aromatic carbocycles. The van der Waals surface area contributed by atoms with E-state index in [9.17, 15) is 9.18 Å². The molecule has 0 saturated carbocycles. The van der Waals surface area contributed by atoms with Gasteiger partial charge in [-0.1, -0.05) is 11.6 Å². The van der Waals surface area contributed by atoms with Crippen molar-refractivity contribution in [1.29, 1.82) is 0 Å². The minimum absolute atomic E-state index is 0.0118. The molecule has 0 aliphatic rings. The Morgan fingerprint density at radius 1 is 1.67 bits per heavy atom. The Kier molecular flexibility index (Phi) is 3.59. The van der Waals surface area contributed by atoms with Gasteiger partial charge in [0.2, 0.25) is 0 Å². The van der Waals surface area contributed by atoms with E-state index < -0.39 is 17.6 Å². The fraction of sp³-hybridized carbons (Fsp3) is 0.250. The van der Waals surface area contributed by atoms with E-state index in [4.69, 9.17) is 12.2 Å². The van der Waals surface area contributed by atoms with Gasteiger partial charge in [-0.3, -0.25) is 4.79 Å². The van der Waals surface area contributed by atoms with Crippen molar-refractivity contribution < 1.29 is 9.18 Å². The number of ketones is 1. The second-order valence-corrected chi connectivity index (χ2v) is 3.36. The van der Waals surface area contributed by atoms with Crippen LogP contribution in [0.3, 0.4) is 0 Å². The lowest BCUT2D eigenvalue weighted by Gasteiger charge is -2.08. The summed E-state index contributed by atoms with van der Waals surface area (Å²) < 4.78 is 13.3. The molecule has 0 radical (unpaired) electrons. The van der Waals surface area contributed by atoms with Crippen molar-refractivity contribution in [2.24, 2.45) is 5.73 Å². The fourth-order valence-corrected chi connectivity index (χ4v) is 1.25. The quantitative estimate of drug-likeness (QED) is 0.602. The van der Waals surface area contributed by atoms with E-state index in [2.05, 4.69) is 5.92 Å². The van der Waals surface area contributed by atoms with Crippen LogP contribution >= 0.6 is 0 Å². The third kappa shape index (κ3) is 2.64. The Bertz CT molecular complexity index is 420. The third-order valence-corrected chi connectivity index (χ3v) is 2.06. The zero-order valence-electron chi connectivity index (χ0n) is 8.46. The molecule has 0 amide bonds. The maximum atomic E-state index is 13.3. The van der Waals surface area contributed by atoms with Crippen molar-refractivity contribution >= 4 is 5.78 Å². The lowest BCUT2D eigenvalue weighted by Crippen LogP contribution is -2.30. The molecule has 0 aliphatic heterocycles. The number of carbonyl (C=O) groups is 1. The highest BCUT2D eigenvalue weighted by molar-refractivity contribution is 6.00. The third-order valence-electron chi connectivity index (χ3n) is 2.06. The minimum Gasteiger partial charge on any atom is -0.320 e. The topological polar surface area (TPSA) is 43.1 Å². The molecule has 0 aliphatic carbocycles. The molecule has 1 atom stereocenters. The van der Waals surface area contributed by atoms with Gasteiger partial charge in [-0.05, 0) is 19.1 Å². The van der Waals surface area contributed by atoms with Crippen LogP contribution in [0.4, 0.5) is 4.39 Å². The summed E-state index contributed by atoms with van der Waals surface area (Å²) in [6, 6.07) is 3.50. The largest absolute Gasteiger partial charge is 0.320 e. The molecular formula is C12H12FNO. The van der Waals surface area contributed by atoms with Gasteiger partial charge >= 0.3 is 0 Å². The number of hydrogen-bond donors (Lipinski definition) is 1. The maximum absolute atomic E-state index is 13.3. The van der Waals surface area contributed by atoms with Crippen LogP contribution in [0.5, 0.6) is 0 Å². The normalized spacial score (nSPS) is 11.9. The number of aryl methyl sites for hydroxylation is 1. The van der Waals surface area contributed by atoms with Crippen molar-refractivity contribution in [3.8, 4) is 12.3 Å². The summed E-state index contributed by atoms with van der Waals surface area (Å²) in [6.07, 6.45) is 5.15. The highest BCUT2D eigenvalue weighted by Gasteiger charge is 2.18. The van der Waals surface area contributed by atoms with E-state index in [1.54, 1.807) is 13.0 Å². The van der Waals surface area contributed by atoms with Crippen LogP contribution in [0.1, 0.15) is 22.3 Å². The summed E-state index contributed by atoms with van der Waals surface area (Å²) in [7, 11) is 0. The first kappa shape index (κ1) is 11.4. The highest BCUT2D eigenvalue weighted by Crippen LogP contribution is 2.12. The van der Waals surface area contributed by atoms with Crippen LogP contribution in [-0.2, 0) is 0 Å². The number of benzene rings is 1. The van der Waals surface area contributed by atoms with Gasteiger partial charge in [0.25, 0.3) is 0 Å². The van der Waals surface area contributed by atoms with E-state index >= 15 is 0 Å². The summed E-state index contributed by atoms with van der Waals surface area (Å²) >= 11 is 0. The van der Waals surface area contributed by atoms with E-state index in [1.165, 1.54) is 12.1 Å². The van der Waals surface area contributed by atoms with Crippen molar-refractivity contribution in [1.82, 2.24) is 0 Å². The second-order valence-electron chi connectivity index (χ2n) is 3.36. The lowest BCUT2D eigenvalue weighted by atomic mass is 10.0. The van der Waals surface area contributed by atoms with Crippen molar-refractivity contribution in [3.63, 3.8) is 0 Å². The first-order valence-electron chi connectivity index (χ1n) is 4.55. The van der Waals surface area contributed by atoms with Gasteiger partial charge in [0.05, 0.1) is 11.6 Å². The SMILES string of the molecule is C#CCC(N)C(=O)c1cc(C)ccc1F. The number of halogens is 1. The van der Waals surface area contributed by atoms with Gasteiger partial charge in [0, 0.05) is 6.42 Å². The van der Waals surface area contributed by atoms with Crippen molar-refractivity contribution in [3.05, 3.63) is 35.1 Å². The van der Waals surface area contributed by atoms with Gasteiger partial charge in [-0.2, -0.15) is 0 Å². The highest BCUT2D eigenvalue weighted by atomic mass is 19.1. The van der Waals surface area contributed by atoms with Gasteiger partial charge in [0.1, 0.15) is 5.82 Å². The standard InChI is InChI=1S/C12H12FNO/c1-3-4-11(14)12(15)9-7-8(2)5-6-10(9)13/h1,5-7,11H,4,14H2,2H3. The van der Waals surface area contributed by atoms with E-state index in [1.807, 2.05) is 0 Å². The van der Waals surface area contributed by atoms with Crippen LogP contribution < -0.4 is 5.73 Å². The average Bonchev–Trinajstić information content (AvgIpc) is 2.21. The summed E-state index contributed by atoms with van der Waals surface area (Å²) in [5.41, 5.74) is 6.34. The summed E-state index contributed by atoms with van der Waals surface area (Å²) in [5.74, 6) is 1.28. The maximum Gasteiger partial charge on any atom is 0.183 e. The molecule has 0 spiro atoms. The Morgan fingerprint density at radius 3 is 2.93 bits per heavy atom. The van der Waals surface area contributed by atoms with E-state index in [0.717, 1.165) is 5.56 Å². The summed E-state index contributed by atoms with van der Waals surface area (Å²) in [4.78, 5) is 11.6. The van der Waals surface area contributed by atoms with E-state index in [0.29, 0.717) is 0 Å². The zero-order chi connectivity index (χ0) is 11.4. The van der Waals surface area contributed by atoms with Crippen LogP contribution in [0.15, 0.2) is 18.2 Å². The fourth-order valence-electron chi connectivity index (χ4n) is 1.25.